The van der Waals surface area contributed by atoms with E-state index in [1.54, 1.807) is 0 Å². The zero-order valence-corrected chi connectivity index (χ0v) is 30.0. The van der Waals surface area contributed by atoms with Crippen LogP contribution in [0.1, 0.15) is 105 Å². The van der Waals surface area contributed by atoms with Gasteiger partial charge in [0.05, 0.1) is 12.2 Å². The van der Waals surface area contributed by atoms with Crippen LogP contribution in [-0.2, 0) is 6.42 Å². The second kappa shape index (κ2) is 15.4. The highest BCUT2D eigenvalue weighted by atomic mass is 32.2. The third-order valence-corrected chi connectivity index (χ3v) is 14.3. The smallest absolute Gasteiger partial charge is 0.0713 e. The van der Waals surface area contributed by atoms with Gasteiger partial charge in [-0.15, -0.1) is 23.5 Å². The molecule has 0 amide bonds. The number of rotatable bonds is 11. The molecule has 0 spiro atoms. The van der Waals surface area contributed by atoms with E-state index >= 15 is 0 Å². The highest BCUT2D eigenvalue weighted by Crippen LogP contribution is 2.52. The highest BCUT2D eigenvalue weighted by molar-refractivity contribution is 7.99. The predicted molar refractivity (Wildman–Crippen MR) is 201 cm³/mol. The lowest BCUT2D eigenvalue weighted by molar-refractivity contribution is 0.0182. The minimum atomic E-state index is -0.452. The van der Waals surface area contributed by atoms with E-state index in [0.29, 0.717) is 0 Å². The maximum atomic E-state index is 12.3. The summed E-state index contributed by atoms with van der Waals surface area (Å²) < 4.78 is 0. The summed E-state index contributed by atoms with van der Waals surface area (Å²) in [6.07, 6.45) is 7.44. The largest absolute Gasteiger partial charge is 0.392 e. The first-order valence-corrected chi connectivity index (χ1v) is 19.9. The van der Waals surface area contributed by atoms with Crippen LogP contribution in [0.4, 0.5) is 0 Å². The molecule has 0 bridgehead atoms. The Hall–Kier alpha value is -2.50. The van der Waals surface area contributed by atoms with E-state index in [1.165, 1.54) is 37.6 Å². The molecule has 2 nitrogen and oxygen atoms in total. The molecule has 0 saturated heterocycles. The van der Waals surface area contributed by atoms with Crippen LogP contribution in [-0.4, -0.2) is 33.9 Å². The number of fused-ring (bicyclic) bond motifs is 2. The number of aryl methyl sites for hydroxylation is 1. The van der Waals surface area contributed by atoms with Crippen molar-refractivity contribution in [2.45, 2.75) is 106 Å². The lowest BCUT2D eigenvalue weighted by Crippen LogP contribution is -2.40. The van der Waals surface area contributed by atoms with Gasteiger partial charge in [-0.05, 0) is 78.5 Å². The fourth-order valence-electron chi connectivity index (χ4n) is 8.28. The monoisotopic (exact) mass is 664 g/mol. The molecular formula is C43H52O2S2. The Morgan fingerprint density at radius 3 is 1.68 bits per heavy atom. The number of aliphatic hydroxyl groups excluding tert-OH is 2. The number of benzene rings is 4. The molecule has 0 unspecified atom stereocenters. The van der Waals surface area contributed by atoms with E-state index in [0.717, 1.165) is 62.9 Å². The molecule has 4 aromatic carbocycles. The summed E-state index contributed by atoms with van der Waals surface area (Å²) in [5.74, 6) is 1.83. The molecule has 47 heavy (non-hydrogen) atoms. The first kappa shape index (κ1) is 34.4. The predicted octanol–water partition coefficient (Wildman–Crippen LogP) is 10.9. The maximum Gasteiger partial charge on any atom is 0.0713 e. The molecule has 6 atom stereocenters. The van der Waals surface area contributed by atoms with Gasteiger partial charge >= 0.3 is 0 Å². The Morgan fingerprint density at radius 2 is 1.11 bits per heavy atom. The summed E-state index contributed by atoms with van der Waals surface area (Å²) in [5, 5.41) is 24.5. The van der Waals surface area contributed by atoms with Crippen LogP contribution in [0.3, 0.4) is 0 Å². The average Bonchev–Trinajstić information content (AvgIpc) is 3.32. The van der Waals surface area contributed by atoms with Crippen molar-refractivity contribution in [3.8, 4) is 0 Å². The zero-order chi connectivity index (χ0) is 32.9. The molecule has 2 aliphatic heterocycles. The van der Waals surface area contributed by atoms with E-state index in [-0.39, 0.29) is 22.7 Å². The van der Waals surface area contributed by atoms with Gasteiger partial charge in [-0.25, -0.2) is 0 Å². The van der Waals surface area contributed by atoms with Crippen molar-refractivity contribution >= 4 is 23.5 Å². The number of thioether (sulfide) groups is 2. The van der Waals surface area contributed by atoms with Crippen LogP contribution < -0.4 is 0 Å². The second-order valence-corrected chi connectivity index (χ2v) is 16.1. The van der Waals surface area contributed by atoms with Crippen molar-refractivity contribution < 1.29 is 10.2 Å². The lowest BCUT2D eigenvalue weighted by Gasteiger charge is -2.40. The SMILES string of the molecule is CCCC[C@]1(CC)CSc2cc(CCC[C@]3(CC)CSc4ccccc4[C@H](c4ccccc4)[C@@H]3O)ccc2[C@@H](c2ccccc2)[C@H]1O. The fourth-order valence-corrected chi connectivity index (χ4v) is 11.3. The Morgan fingerprint density at radius 1 is 0.596 bits per heavy atom. The van der Waals surface area contributed by atoms with Crippen molar-refractivity contribution in [3.63, 3.8) is 0 Å². The molecule has 4 heteroatoms. The zero-order valence-electron chi connectivity index (χ0n) is 28.4. The molecule has 2 N–H and O–H groups in total. The van der Waals surface area contributed by atoms with E-state index in [4.69, 9.17) is 0 Å². The summed E-state index contributed by atoms with van der Waals surface area (Å²) in [7, 11) is 0. The molecular weight excluding hydrogens is 613 g/mol. The molecule has 0 aromatic heterocycles. The molecule has 0 radical (unpaired) electrons. The Kier molecular flexibility index (Phi) is 11.2. The van der Waals surface area contributed by atoms with Crippen LogP contribution >= 0.6 is 23.5 Å². The third-order valence-electron chi connectivity index (χ3n) is 11.5. The van der Waals surface area contributed by atoms with E-state index in [1.807, 2.05) is 23.5 Å². The topological polar surface area (TPSA) is 40.5 Å². The first-order chi connectivity index (χ1) is 22.9. The fraction of sp³-hybridized carbons (Fsp3) is 0.442. The van der Waals surface area contributed by atoms with Crippen LogP contribution in [0, 0.1) is 10.8 Å². The Bertz CT molecular complexity index is 1590. The second-order valence-electron chi connectivity index (χ2n) is 14.0. The van der Waals surface area contributed by atoms with E-state index in [9.17, 15) is 10.2 Å². The van der Waals surface area contributed by atoms with Gasteiger partial charge in [-0.1, -0.05) is 125 Å². The molecule has 248 valence electrons. The molecule has 6 rings (SSSR count). The molecule has 2 aliphatic rings. The van der Waals surface area contributed by atoms with Crippen molar-refractivity contribution in [2.24, 2.45) is 10.8 Å². The van der Waals surface area contributed by atoms with E-state index in [2.05, 4.69) is 124 Å². The summed E-state index contributed by atoms with van der Waals surface area (Å²) in [4.78, 5) is 2.63. The average molecular weight is 665 g/mol. The van der Waals surface area contributed by atoms with Crippen LogP contribution in [0.5, 0.6) is 0 Å². The first-order valence-electron chi connectivity index (χ1n) is 17.9. The van der Waals surface area contributed by atoms with Gasteiger partial charge in [0.1, 0.15) is 0 Å². The maximum absolute atomic E-state index is 12.3. The number of aliphatic hydroxyl groups is 2. The molecule has 0 fully saturated rings. The number of unbranched alkanes of at least 4 members (excludes halogenated alkanes) is 1. The summed E-state index contributed by atoms with van der Waals surface area (Å²) in [6.45, 7) is 6.80. The van der Waals surface area contributed by atoms with Crippen molar-refractivity contribution in [2.75, 3.05) is 11.5 Å². The molecule has 2 heterocycles. The summed E-state index contributed by atoms with van der Waals surface area (Å²) in [5.41, 5.74) is 6.03. The van der Waals surface area contributed by atoms with Crippen molar-refractivity contribution in [1.82, 2.24) is 0 Å². The minimum Gasteiger partial charge on any atom is -0.392 e. The summed E-state index contributed by atoms with van der Waals surface area (Å²) in [6, 6.07) is 37.1. The number of hydrogen-bond donors (Lipinski definition) is 2. The van der Waals surface area contributed by atoms with Crippen LogP contribution in [0.25, 0.3) is 0 Å². The van der Waals surface area contributed by atoms with Gasteiger partial charge < -0.3 is 10.2 Å². The standard InChI is InChI=1S/C43H52O2S2/c1-4-7-26-42(5-2)30-47-37-28-31(24-25-35(37)39(41(42)45)33-20-12-9-13-21-33)17-16-27-43(6-3)29-46-36-23-15-14-22-34(36)38(40(43)44)32-18-10-8-11-19-32/h8-15,18-25,28,38-41,44-45H,4-7,16-17,26-27,29-30H2,1-3H3/t38-,39+,40-,41+,42+,43+/m0/s1. The van der Waals surface area contributed by atoms with Crippen molar-refractivity contribution in [1.29, 1.82) is 0 Å². The number of hydrogen-bond acceptors (Lipinski definition) is 4. The van der Waals surface area contributed by atoms with Gasteiger partial charge in [0.15, 0.2) is 0 Å². The van der Waals surface area contributed by atoms with Gasteiger partial charge in [0, 0.05) is 44.0 Å². The Balaban J connectivity index is 1.25. The Labute approximate surface area is 291 Å². The van der Waals surface area contributed by atoms with Crippen LogP contribution in [0.15, 0.2) is 113 Å². The normalized spacial score (nSPS) is 27.3. The summed E-state index contributed by atoms with van der Waals surface area (Å²) >= 11 is 3.89. The van der Waals surface area contributed by atoms with Gasteiger partial charge in [-0.3, -0.25) is 0 Å². The molecule has 0 aliphatic carbocycles. The quantitative estimate of drug-likeness (QED) is 0.167. The van der Waals surface area contributed by atoms with Gasteiger partial charge in [-0.2, -0.15) is 0 Å². The van der Waals surface area contributed by atoms with Gasteiger partial charge in [0.2, 0.25) is 0 Å². The van der Waals surface area contributed by atoms with E-state index < -0.39 is 12.2 Å². The third kappa shape index (κ3) is 6.99. The van der Waals surface area contributed by atoms with Gasteiger partial charge in [0.25, 0.3) is 0 Å². The minimum absolute atomic E-state index is 0.0230. The molecule has 0 saturated carbocycles. The lowest BCUT2D eigenvalue weighted by atomic mass is 9.68. The van der Waals surface area contributed by atoms with Crippen LogP contribution in [0.2, 0.25) is 0 Å². The molecule has 4 aromatic rings. The van der Waals surface area contributed by atoms with Crippen molar-refractivity contribution in [3.05, 3.63) is 131 Å². The highest BCUT2D eigenvalue weighted by Gasteiger charge is 2.46.